The Morgan fingerprint density at radius 1 is 1.45 bits per heavy atom. The lowest BCUT2D eigenvalue weighted by molar-refractivity contribution is 0.195. The number of hydrogen-bond donors (Lipinski definition) is 0. The molecule has 0 aliphatic heterocycles. The zero-order valence-electron chi connectivity index (χ0n) is 6.84. The van der Waals surface area contributed by atoms with E-state index in [4.69, 9.17) is 4.74 Å². The van der Waals surface area contributed by atoms with Gasteiger partial charge in [-0.05, 0) is 24.5 Å². The van der Waals surface area contributed by atoms with Gasteiger partial charge in [-0.15, -0.1) is 0 Å². The van der Waals surface area contributed by atoms with Crippen molar-refractivity contribution in [1.82, 2.24) is 0 Å². The quantitative estimate of drug-likeness (QED) is 0.595. The van der Waals surface area contributed by atoms with Gasteiger partial charge in [0.25, 0.3) is 0 Å². The van der Waals surface area contributed by atoms with Crippen LogP contribution in [-0.2, 0) is 11.2 Å². The molecule has 1 nitrogen and oxygen atoms in total. The molecule has 0 unspecified atom stereocenters. The van der Waals surface area contributed by atoms with Gasteiger partial charge in [-0.1, -0.05) is 24.3 Å². The molecular formula is C10H13O. The minimum absolute atomic E-state index is 0.836. The number of rotatable bonds is 4. The van der Waals surface area contributed by atoms with Crippen LogP contribution < -0.4 is 0 Å². The van der Waals surface area contributed by atoms with Gasteiger partial charge in [0.15, 0.2) is 0 Å². The Balaban J connectivity index is 2.28. The molecule has 1 aromatic rings. The van der Waals surface area contributed by atoms with Crippen LogP contribution in [0.2, 0.25) is 0 Å². The second kappa shape index (κ2) is 4.91. The Morgan fingerprint density at radius 3 is 3.00 bits per heavy atom. The summed E-state index contributed by atoms with van der Waals surface area (Å²) in [6, 6.07) is 11.2. The highest BCUT2D eigenvalue weighted by molar-refractivity contribution is 5.12. The van der Waals surface area contributed by atoms with E-state index in [-0.39, 0.29) is 0 Å². The van der Waals surface area contributed by atoms with Gasteiger partial charge < -0.3 is 4.74 Å². The SMILES string of the molecule is COCCCc1[c]cccc1. The van der Waals surface area contributed by atoms with Gasteiger partial charge >= 0.3 is 0 Å². The minimum atomic E-state index is 0.836. The maximum atomic E-state index is 4.95. The van der Waals surface area contributed by atoms with Gasteiger partial charge in [-0.2, -0.15) is 0 Å². The number of ether oxygens (including phenoxy) is 1. The van der Waals surface area contributed by atoms with E-state index in [1.807, 2.05) is 18.2 Å². The van der Waals surface area contributed by atoms with Crippen LogP contribution in [0.4, 0.5) is 0 Å². The molecule has 0 spiro atoms. The molecule has 0 bridgehead atoms. The molecule has 0 saturated carbocycles. The standard InChI is InChI=1S/C10H13O/c1-11-9-5-8-10-6-3-2-4-7-10/h2-4,6H,5,8-9H2,1H3. The summed E-state index contributed by atoms with van der Waals surface area (Å²) in [4.78, 5) is 0. The number of benzene rings is 1. The molecule has 1 radical (unpaired) electrons. The smallest absolute Gasteiger partial charge is 0.0465 e. The van der Waals surface area contributed by atoms with Gasteiger partial charge in [0, 0.05) is 13.7 Å². The zero-order chi connectivity index (χ0) is 7.94. The van der Waals surface area contributed by atoms with Crippen molar-refractivity contribution in [3.63, 3.8) is 0 Å². The summed E-state index contributed by atoms with van der Waals surface area (Å²) in [6.07, 6.45) is 2.14. The molecular weight excluding hydrogens is 136 g/mol. The first kappa shape index (κ1) is 8.28. The van der Waals surface area contributed by atoms with E-state index in [0.29, 0.717) is 0 Å². The summed E-state index contributed by atoms with van der Waals surface area (Å²) in [6.45, 7) is 0.836. The maximum absolute atomic E-state index is 4.95. The number of hydrogen-bond acceptors (Lipinski definition) is 1. The van der Waals surface area contributed by atoms with Gasteiger partial charge in [0.05, 0.1) is 0 Å². The molecule has 0 aliphatic carbocycles. The monoisotopic (exact) mass is 149 g/mol. The third-order valence-corrected chi connectivity index (χ3v) is 1.57. The Bertz CT molecular complexity index is 181. The van der Waals surface area contributed by atoms with Crippen LogP contribution >= 0.6 is 0 Å². The Hall–Kier alpha value is -0.820. The fourth-order valence-electron chi connectivity index (χ4n) is 0.993. The lowest BCUT2D eigenvalue weighted by Crippen LogP contribution is -1.91. The van der Waals surface area contributed by atoms with Crippen molar-refractivity contribution in [2.45, 2.75) is 12.8 Å². The van der Waals surface area contributed by atoms with Crippen LogP contribution in [0.1, 0.15) is 12.0 Å². The van der Waals surface area contributed by atoms with E-state index in [1.54, 1.807) is 7.11 Å². The van der Waals surface area contributed by atoms with Crippen LogP contribution in [0.3, 0.4) is 0 Å². The lowest BCUT2D eigenvalue weighted by atomic mass is 10.1. The fraction of sp³-hybridized carbons (Fsp3) is 0.400. The molecule has 1 heteroatoms. The van der Waals surface area contributed by atoms with Crippen LogP contribution in [0.25, 0.3) is 0 Å². The van der Waals surface area contributed by atoms with Crippen molar-refractivity contribution in [3.8, 4) is 0 Å². The molecule has 0 atom stereocenters. The normalized spacial score (nSPS) is 9.91. The molecule has 0 saturated heterocycles. The molecule has 59 valence electrons. The first-order valence-corrected chi connectivity index (χ1v) is 3.88. The molecule has 0 aromatic heterocycles. The van der Waals surface area contributed by atoms with E-state index >= 15 is 0 Å². The van der Waals surface area contributed by atoms with Gasteiger partial charge in [-0.25, -0.2) is 0 Å². The average molecular weight is 149 g/mol. The molecule has 1 rings (SSSR count). The van der Waals surface area contributed by atoms with E-state index < -0.39 is 0 Å². The van der Waals surface area contributed by atoms with Gasteiger partial charge in [0.2, 0.25) is 0 Å². The van der Waals surface area contributed by atoms with Crippen LogP contribution in [0, 0.1) is 6.07 Å². The highest BCUT2D eigenvalue weighted by Gasteiger charge is 1.90. The summed E-state index contributed by atoms with van der Waals surface area (Å²) in [5.74, 6) is 0. The Kier molecular flexibility index (Phi) is 3.70. The van der Waals surface area contributed by atoms with Crippen molar-refractivity contribution in [2.75, 3.05) is 13.7 Å². The molecule has 1 aromatic carbocycles. The van der Waals surface area contributed by atoms with E-state index in [9.17, 15) is 0 Å². The van der Waals surface area contributed by atoms with E-state index in [0.717, 1.165) is 19.4 Å². The molecule has 0 amide bonds. The second-order valence-electron chi connectivity index (χ2n) is 2.48. The maximum Gasteiger partial charge on any atom is 0.0465 e. The predicted molar refractivity (Wildman–Crippen MR) is 45.5 cm³/mol. The second-order valence-corrected chi connectivity index (χ2v) is 2.48. The third-order valence-electron chi connectivity index (χ3n) is 1.57. The first-order chi connectivity index (χ1) is 5.43. The fourth-order valence-corrected chi connectivity index (χ4v) is 0.993. The summed E-state index contributed by atoms with van der Waals surface area (Å²) in [5.41, 5.74) is 1.27. The zero-order valence-corrected chi connectivity index (χ0v) is 6.84. The van der Waals surface area contributed by atoms with E-state index in [2.05, 4.69) is 12.1 Å². The summed E-state index contributed by atoms with van der Waals surface area (Å²) in [7, 11) is 1.73. The first-order valence-electron chi connectivity index (χ1n) is 3.88. The highest BCUT2D eigenvalue weighted by atomic mass is 16.5. The van der Waals surface area contributed by atoms with Gasteiger partial charge in [-0.3, -0.25) is 0 Å². The van der Waals surface area contributed by atoms with E-state index in [1.165, 1.54) is 5.56 Å². The van der Waals surface area contributed by atoms with Crippen molar-refractivity contribution in [1.29, 1.82) is 0 Å². The summed E-state index contributed by atoms with van der Waals surface area (Å²) >= 11 is 0. The molecule has 0 N–H and O–H groups in total. The summed E-state index contributed by atoms with van der Waals surface area (Å²) < 4.78 is 4.95. The molecule has 0 aliphatic rings. The Labute approximate surface area is 68.0 Å². The number of methoxy groups -OCH3 is 1. The van der Waals surface area contributed by atoms with Crippen LogP contribution in [0.15, 0.2) is 24.3 Å². The largest absolute Gasteiger partial charge is 0.385 e. The summed E-state index contributed by atoms with van der Waals surface area (Å²) in [5, 5.41) is 0. The topological polar surface area (TPSA) is 9.23 Å². The van der Waals surface area contributed by atoms with Crippen molar-refractivity contribution in [2.24, 2.45) is 0 Å². The lowest BCUT2D eigenvalue weighted by Gasteiger charge is -1.98. The van der Waals surface area contributed by atoms with Crippen molar-refractivity contribution in [3.05, 3.63) is 35.9 Å². The molecule has 0 fully saturated rings. The third kappa shape index (κ3) is 3.19. The minimum Gasteiger partial charge on any atom is -0.385 e. The number of aryl methyl sites for hydroxylation is 1. The predicted octanol–water partition coefficient (Wildman–Crippen LogP) is 2.07. The van der Waals surface area contributed by atoms with Crippen LogP contribution in [0.5, 0.6) is 0 Å². The Morgan fingerprint density at radius 2 is 2.36 bits per heavy atom. The van der Waals surface area contributed by atoms with Crippen molar-refractivity contribution < 1.29 is 4.74 Å². The highest BCUT2D eigenvalue weighted by Crippen LogP contribution is 2.00. The average Bonchev–Trinajstić information content (AvgIpc) is 2.07. The molecule has 11 heavy (non-hydrogen) atoms. The van der Waals surface area contributed by atoms with Gasteiger partial charge in [0.1, 0.15) is 0 Å². The molecule has 0 heterocycles. The van der Waals surface area contributed by atoms with Crippen molar-refractivity contribution >= 4 is 0 Å². The van der Waals surface area contributed by atoms with Crippen LogP contribution in [-0.4, -0.2) is 13.7 Å².